The van der Waals surface area contributed by atoms with Crippen molar-refractivity contribution in [3.63, 3.8) is 0 Å². The zero-order chi connectivity index (χ0) is 18.2. The molecule has 5 heteroatoms. The maximum absolute atomic E-state index is 11.4. The zero-order valence-corrected chi connectivity index (χ0v) is 14.9. The Morgan fingerprint density at radius 3 is 2.32 bits per heavy atom. The van der Waals surface area contributed by atoms with E-state index in [1.807, 2.05) is 50.2 Å². The first-order chi connectivity index (χ1) is 12.0. The highest BCUT2D eigenvalue weighted by Gasteiger charge is 2.10. The van der Waals surface area contributed by atoms with Gasteiger partial charge in [-0.05, 0) is 54.7 Å². The quantitative estimate of drug-likeness (QED) is 0.592. The van der Waals surface area contributed by atoms with Crippen molar-refractivity contribution < 1.29 is 14.4 Å². The Morgan fingerprint density at radius 1 is 1.08 bits per heavy atom. The van der Waals surface area contributed by atoms with E-state index in [0.29, 0.717) is 19.4 Å². The Kier molecular flexibility index (Phi) is 6.57. The number of rotatable bonds is 8. The molecule has 0 aliphatic carbocycles. The summed E-state index contributed by atoms with van der Waals surface area (Å²) >= 11 is 0. The Morgan fingerprint density at radius 2 is 1.72 bits per heavy atom. The van der Waals surface area contributed by atoms with Crippen LogP contribution in [0.2, 0.25) is 0 Å². The molecule has 0 aliphatic rings. The van der Waals surface area contributed by atoms with Crippen LogP contribution in [0.5, 0.6) is 5.75 Å². The molecule has 0 radical (unpaired) electrons. The van der Waals surface area contributed by atoms with Gasteiger partial charge in [-0.15, -0.1) is 0 Å². The highest BCUT2D eigenvalue weighted by atomic mass is 16.6. The lowest BCUT2D eigenvalue weighted by molar-refractivity contribution is -0.112. The molecule has 1 amide bonds. The number of aryl methyl sites for hydroxylation is 3. The molecule has 0 spiro atoms. The minimum Gasteiger partial charge on any atom is -0.489 e. The zero-order valence-electron chi connectivity index (χ0n) is 14.9. The van der Waals surface area contributed by atoms with Crippen molar-refractivity contribution in [3.05, 3.63) is 64.7 Å². The van der Waals surface area contributed by atoms with Crippen LogP contribution in [0, 0.1) is 13.8 Å². The number of hydrogen-bond acceptors (Lipinski definition) is 4. The fraction of sp³-hybridized carbons (Fsp3) is 0.300. The number of hydrogen-bond donors (Lipinski definition) is 1. The Hall–Kier alpha value is -2.82. The Bertz CT molecular complexity index is 749. The first-order valence-corrected chi connectivity index (χ1v) is 8.17. The van der Waals surface area contributed by atoms with Crippen LogP contribution in [0.1, 0.15) is 28.7 Å². The van der Waals surface area contributed by atoms with Gasteiger partial charge in [0, 0.05) is 6.42 Å². The van der Waals surface area contributed by atoms with Crippen LogP contribution in [0.4, 0.5) is 0 Å². The second-order valence-electron chi connectivity index (χ2n) is 5.97. The molecule has 0 unspecified atom stereocenters. The topological polar surface area (TPSA) is 73.9 Å². The molecule has 2 N–H and O–H groups in total. The van der Waals surface area contributed by atoms with E-state index in [1.54, 1.807) is 0 Å². The molecule has 5 nitrogen and oxygen atoms in total. The highest BCUT2D eigenvalue weighted by molar-refractivity contribution is 6.38. The summed E-state index contributed by atoms with van der Waals surface area (Å²) in [6.45, 7) is 4.56. The SMILES string of the molecule is CON=C(CCc1ccccc1COc1cc(C)cc(C)c1)C(N)=O. The molecule has 0 fully saturated rings. The lowest BCUT2D eigenvalue weighted by Gasteiger charge is -2.12. The molecule has 0 bridgehead atoms. The van der Waals surface area contributed by atoms with Gasteiger partial charge in [-0.2, -0.15) is 0 Å². The number of oxime groups is 1. The third kappa shape index (κ3) is 5.64. The van der Waals surface area contributed by atoms with Gasteiger partial charge in [-0.25, -0.2) is 0 Å². The van der Waals surface area contributed by atoms with Gasteiger partial charge < -0.3 is 15.3 Å². The molecular formula is C20H24N2O3. The average molecular weight is 340 g/mol. The van der Waals surface area contributed by atoms with Gasteiger partial charge in [-0.3, -0.25) is 4.79 Å². The largest absolute Gasteiger partial charge is 0.489 e. The first-order valence-electron chi connectivity index (χ1n) is 8.17. The molecule has 0 heterocycles. The predicted octanol–water partition coefficient (Wildman–Crippen LogP) is 3.30. The van der Waals surface area contributed by atoms with Crippen molar-refractivity contribution >= 4 is 11.6 Å². The van der Waals surface area contributed by atoms with Crippen molar-refractivity contribution in [2.45, 2.75) is 33.3 Å². The minimum absolute atomic E-state index is 0.229. The number of primary amides is 1. The Balaban J connectivity index is 2.07. The average Bonchev–Trinajstić information content (AvgIpc) is 2.56. The van der Waals surface area contributed by atoms with Crippen molar-refractivity contribution in [2.24, 2.45) is 10.9 Å². The summed E-state index contributed by atoms with van der Waals surface area (Å²) in [6, 6.07) is 14.1. The molecule has 0 aromatic heterocycles. The van der Waals surface area contributed by atoms with E-state index in [1.165, 1.54) is 18.2 Å². The first kappa shape index (κ1) is 18.5. The monoisotopic (exact) mass is 340 g/mol. The molecule has 2 aromatic carbocycles. The number of nitrogens with zero attached hydrogens (tertiary/aromatic N) is 1. The molecule has 0 saturated carbocycles. The number of ether oxygens (including phenoxy) is 1. The van der Waals surface area contributed by atoms with Gasteiger partial charge in [0.2, 0.25) is 0 Å². The number of carbonyl (C=O) groups is 1. The highest BCUT2D eigenvalue weighted by Crippen LogP contribution is 2.19. The van der Waals surface area contributed by atoms with E-state index in [9.17, 15) is 4.79 Å². The minimum atomic E-state index is -0.564. The van der Waals surface area contributed by atoms with Gasteiger partial charge in [0.05, 0.1) is 0 Å². The summed E-state index contributed by atoms with van der Waals surface area (Å²) in [5.74, 6) is 0.289. The summed E-state index contributed by atoms with van der Waals surface area (Å²) in [4.78, 5) is 16.0. The summed E-state index contributed by atoms with van der Waals surface area (Å²) in [5.41, 5.74) is 10.1. The van der Waals surface area contributed by atoms with Crippen molar-refractivity contribution in [3.8, 4) is 5.75 Å². The van der Waals surface area contributed by atoms with Crippen LogP contribution >= 0.6 is 0 Å². The Labute approximate surface area is 148 Å². The number of carbonyl (C=O) groups excluding carboxylic acids is 1. The standard InChI is InChI=1S/C20H24N2O3/c1-14-10-15(2)12-18(11-14)25-13-17-7-5-4-6-16(17)8-9-19(20(21)23)22-24-3/h4-7,10-12H,8-9,13H2,1-3H3,(H2,21,23). The van der Waals surface area contributed by atoms with E-state index in [0.717, 1.165) is 16.9 Å². The maximum Gasteiger partial charge on any atom is 0.266 e. The molecule has 0 aliphatic heterocycles. The van der Waals surface area contributed by atoms with Crippen molar-refractivity contribution in [1.82, 2.24) is 0 Å². The lowest BCUT2D eigenvalue weighted by atomic mass is 10.0. The van der Waals surface area contributed by atoms with Gasteiger partial charge in [-0.1, -0.05) is 35.5 Å². The van der Waals surface area contributed by atoms with Crippen LogP contribution < -0.4 is 10.5 Å². The fourth-order valence-electron chi connectivity index (χ4n) is 2.70. The van der Waals surface area contributed by atoms with Crippen LogP contribution in [0.25, 0.3) is 0 Å². The van der Waals surface area contributed by atoms with Gasteiger partial charge in [0.25, 0.3) is 5.91 Å². The van der Waals surface area contributed by atoms with Crippen molar-refractivity contribution in [1.29, 1.82) is 0 Å². The summed E-state index contributed by atoms with van der Waals surface area (Å²) < 4.78 is 5.95. The molecule has 25 heavy (non-hydrogen) atoms. The molecule has 0 atom stereocenters. The number of amides is 1. The number of nitrogens with two attached hydrogens (primary N) is 1. The summed E-state index contributed by atoms with van der Waals surface area (Å²) in [7, 11) is 1.40. The smallest absolute Gasteiger partial charge is 0.266 e. The van der Waals surface area contributed by atoms with E-state index < -0.39 is 5.91 Å². The van der Waals surface area contributed by atoms with Crippen LogP contribution in [-0.4, -0.2) is 18.7 Å². The van der Waals surface area contributed by atoms with E-state index in [4.69, 9.17) is 10.5 Å². The molecule has 0 saturated heterocycles. The van der Waals surface area contributed by atoms with Crippen LogP contribution in [0.3, 0.4) is 0 Å². The molecule has 2 rings (SSSR count). The normalized spacial score (nSPS) is 11.2. The number of benzene rings is 2. The second kappa shape index (κ2) is 8.87. The lowest BCUT2D eigenvalue weighted by Crippen LogP contribution is -2.24. The van der Waals surface area contributed by atoms with Crippen LogP contribution in [-0.2, 0) is 22.7 Å². The summed E-state index contributed by atoms with van der Waals surface area (Å²) in [6.07, 6.45) is 1.06. The second-order valence-corrected chi connectivity index (χ2v) is 5.97. The molecular weight excluding hydrogens is 316 g/mol. The third-order valence-corrected chi connectivity index (χ3v) is 3.82. The van der Waals surface area contributed by atoms with E-state index >= 15 is 0 Å². The van der Waals surface area contributed by atoms with Crippen LogP contribution in [0.15, 0.2) is 47.6 Å². The maximum atomic E-state index is 11.4. The van der Waals surface area contributed by atoms with E-state index in [-0.39, 0.29) is 5.71 Å². The van der Waals surface area contributed by atoms with E-state index in [2.05, 4.69) is 16.1 Å². The summed E-state index contributed by atoms with van der Waals surface area (Å²) in [5, 5.41) is 3.69. The third-order valence-electron chi connectivity index (χ3n) is 3.82. The fourth-order valence-corrected chi connectivity index (χ4v) is 2.70. The van der Waals surface area contributed by atoms with Crippen molar-refractivity contribution in [2.75, 3.05) is 7.11 Å². The van der Waals surface area contributed by atoms with Gasteiger partial charge >= 0.3 is 0 Å². The molecule has 2 aromatic rings. The van der Waals surface area contributed by atoms with Gasteiger partial charge in [0.15, 0.2) is 0 Å². The van der Waals surface area contributed by atoms with Gasteiger partial charge in [0.1, 0.15) is 25.2 Å². The molecule has 132 valence electrons. The predicted molar refractivity (Wildman–Crippen MR) is 98.6 cm³/mol.